The first kappa shape index (κ1) is 19.8. The number of nitrogens with zero attached hydrogens (tertiary/aromatic N) is 2. The summed E-state index contributed by atoms with van der Waals surface area (Å²) in [5.74, 6) is 1.82. The maximum Gasteiger partial charge on any atom is 0.277 e. The molecule has 1 aromatic heterocycles. The van der Waals surface area contributed by atoms with Gasteiger partial charge in [-0.15, -0.1) is 10.2 Å². The van der Waals surface area contributed by atoms with Gasteiger partial charge in [0.25, 0.3) is 11.1 Å². The molecule has 28 heavy (non-hydrogen) atoms. The minimum atomic E-state index is -0.125. The molecular weight excluding hydrogens is 378 g/mol. The molecule has 0 fully saturated rings. The lowest BCUT2D eigenvalue weighted by atomic mass is 10.1. The number of hydrogen-bond acceptors (Lipinski definition) is 7. The molecule has 0 aliphatic heterocycles. The van der Waals surface area contributed by atoms with E-state index in [4.69, 9.17) is 13.9 Å². The van der Waals surface area contributed by atoms with E-state index in [0.29, 0.717) is 16.9 Å². The van der Waals surface area contributed by atoms with Crippen LogP contribution >= 0.6 is 11.8 Å². The minimum absolute atomic E-state index is 0.125. The molecule has 3 rings (SSSR count). The molecular formula is C20H21N3O4S. The van der Waals surface area contributed by atoms with Crippen LogP contribution in [-0.4, -0.2) is 29.0 Å². The van der Waals surface area contributed by atoms with Crippen LogP contribution in [0.25, 0.3) is 0 Å². The van der Waals surface area contributed by atoms with E-state index in [0.717, 1.165) is 23.4 Å². The van der Waals surface area contributed by atoms with Crippen LogP contribution in [0.15, 0.2) is 58.2 Å². The highest BCUT2D eigenvalue weighted by Crippen LogP contribution is 2.21. The predicted molar refractivity (Wildman–Crippen MR) is 107 cm³/mol. The molecule has 1 amide bonds. The van der Waals surface area contributed by atoms with Crippen molar-refractivity contribution in [1.82, 2.24) is 10.2 Å². The zero-order valence-corrected chi connectivity index (χ0v) is 16.5. The average molecular weight is 399 g/mol. The second-order valence-corrected chi connectivity index (χ2v) is 6.70. The van der Waals surface area contributed by atoms with Crippen molar-refractivity contribution in [3.63, 3.8) is 0 Å². The number of benzene rings is 2. The number of hydrogen-bond donors (Lipinski definition) is 1. The molecule has 1 heterocycles. The molecule has 0 atom stereocenters. The van der Waals surface area contributed by atoms with Gasteiger partial charge in [0, 0.05) is 5.69 Å². The first-order valence-electron chi connectivity index (χ1n) is 8.77. The third kappa shape index (κ3) is 5.50. The van der Waals surface area contributed by atoms with Crippen molar-refractivity contribution in [2.45, 2.75) is 25.2 Å². The van der Waals surface area contributed by atoms with Gasteiger partial charge in [-0.25, -0.2) is 0 Å². The summed E-state index contributed by atoms with van der Waals surface area (Å²) >= 11 is 1.18. The molecule has 1 N–H and O–H groups in total. The normalized spacial score (nSPS) is 10.5. The fourth-order valence-electron chi connectivity index (χ4n) is 2.44. The number of carbonyl (C=O) groups excluding carboxylic acids is 1. The van der Waals surface area contributed by atoms with Gasteiger partial charge in [0.05, 0.1) is 12.9 Å². The summed E-state index contributed by atoms with van der Waals surface area (Å²) in [6.45, 7) is 2.20. The quantitative estimate of drug-likeness (QED) is 0.545. The Morgan fingerprint density at radius 2 is 1.86 bits per heavy atom. The molecule has 3 aromatic rings. The molecule has 0 saturated heterocycles. The third-order valence-electron chi connectivity index (χ3n) is 3.87. The second-order valence-electron chi connectivity index (χ2n) is 5.77. The van der Waals surface area contributed by atoms with Gasteiger partial charge in [-0.2, -0.15) is 0 Å². The summed E-state index contributed by atoms with van der Waals surface area (Å²) in [6.07, 6.45) is 0.852. The summed E-state index contributed by atoms with van der Waals surface area (Å²) in [7, 11) is 1.61. The summed E-state index contributed by atoms with van der Waals surface area (Å²) in [5, 5.41) is 11.1. The van der Waals surface area contributed by atoms with Gasteiger partial charge in [0.15, 0.2) is 6.61 Å². The molecule has 0 saturated carbocycles. The lowest BCUT2D eigenvalue weighted by Crippen LogP contribution is -2.15. The molecule has 0 bridgehead atoms. The molecule has 146 valence electrons. The Bertz CT molecular complexity index is 912. The molecule has 8 heteroatoms. The number of rotatable bonds is 9. The number of aromatic nitrogens is 2. The molecule has 0 aliphatic carbocycles. The highest BCUT2D eigenvalue weighted by Gasteiger charge is 2.11. The van der Waals surface area contributed by atoms with E-state index >= 15 is 0 Å². The smallest absolute Gasteiger partial charge is 0.277 e. The zero-order valence-electron chi connectivity index (χ0n) is 15.7. The number of carbonyl (C=O) groups is 1. The topological polar surface area (TPSA) is 86.5 Å². The number of thioether (sulfide) groups is 1. The number of para-hydroxylation sites is 1. The molecule has 0 spiro atoms. The number of ether oxygens (including phenoxy) is 2. The molecule has 7 nitrogen and oxygen atoms in total. The summed E-state index contributed by atoms with van der Waals surface area (Å²) in [5.41, 5.74) is 1.92. The van der Waals surface area contributed by atoms with Crippen molar-refractivity contribution in [3.05, 3.63) is 60.0 Å². The Balaban J connectivity index is 1.46. The van der Waals surface area contributed by atoms with Crippen molar-refractivity contribution in [3.8, 4) is 11.5 Å². The van der Waals surface area contributed by atoms with Crippen molar-refractivity contribution >= 4 is 23.4 Å². The molecule has 0 radical (unpaired) electrons. The number of nitrogens with one attached hydrogen (secondary N) is 1. The SMILES string of the molecule is CCc1ccccc1NC(=O)CSc1nnc(COc2ccc(OC)cc2)o1. The van der Waals surface area contributed by atoms with Crippen molar-refractivity contribution < 1.29 is 18.7 Å². The van der Waals surface area contributed by atoms with Crippen LogP contribution in [0.3, 0.4) is 0 Å². The van der Waals surface area contributed by atoms with Crippen LogP contribution in [0.5, 0.6) is 11.5 Å². The van der Waals surface area contributed by atoms with Crippen LogP contribution < -0.4 is 14.8 Å². The highest BCUT2D eigenvalue weighted by atomic mass is 32.2. The lowest BCUT2D eigenvalue weighted by molar-refractivity contribution is -0.113. The van der Waals surface area contributed by atoms with Gasteiger partial charge in [-0.1, -0.05) is 36.9 Å². The van der Waals surface area contributed by atoms with E-state index in [1.54, 1.807) is 31.4 Å². The second kappa shape index (κ2) is 9.80. The van der Waals surface area contributed by atoms with Gasteiger partial charge in [0.1, 0.15) is 11.5 Å². The van der Waals surface area contributed by atoms with Crippen LogP contribution in [-0.2, 0) is 17.8 Å². The number of methoxy groups -OCH3 is 1. The Labute approximate surface area is 167 Å². The summed E-state index contributed by atoms with van der Waals surface area (Å²) < 4.78 is 16.2. The number of amides is 1. The van der Waals surface area contributed by atoms with E-state index in [-0.39, 0.29) is 18.3 Å². The first-order valence-corrected chi connectivity index (χ1v) is 9.76. The van der Waals surface area contributed by atoms with E-state index in [1.165, 1.54) is 11.8 Å². The van der Waals surface area contributed by atoms with Crippen LogP contribution in [0, 0.1) is 0 Å². The van der Waals surface area contributed by atoms with Crippen LogP contribution in [0.4, 0.5) is 5.69 Å². The summed E-state index contributed by atoms with van der Waals surface area (Å²) in [6, 6.07) is 14.9. The van der Waals surface area contributed by atoms with Crippen molar-refractivity contribution in [1.29, 1.82) is 0 Å². The molecule has 2 aromatic carbocycles. The highest BCUT2D eigenvalue weighted by molar-refractivity contribution is 7.99. The average Bonchev–Trinajstić information content (AvgIpc) is 3.19. The largest absolute Gasteiger partial charge is 0.497 e. The molecule has 0 unspecified atom stereocenters. The number of anilines is 1. The summed E-state index contributed by atoms with van der Waals surface area (Å²) in [4.78, 5) is 12.2. The van der Waals surface area contributed by atoms with E-state index in [9.17, 15) is 4.79 Å². The van der Waals surface area contributed by atoms with Crippen LogP contribution in [0.2, 0.25) is 0 Å². The van der Waals surface area contributed by atoms with E-state index in [1.807, 2.05) is 31.2 Å². The fraction of sp³-hybridized carbons (Fsp3) is 0.250. The van der Waals surface area contributed by atoms with Crippen molar-refractivity contribution in [2.24, 2.45) is 0 Å². The Morgan fingerprint density at radius 3 is 2.61 bits per heavy atom. The monoisotopic (exact) mass is 399 g/mol. The van der Waals surface area contributed by atoms with Gasteiger partial charge in [0.2, 0.25) is 5.91 Å². The van der Waals surface area contributed by atoms with Crippen molar-refractivity contribution in [2.75, 3.05) is 18.2 Å². The maximum absolute atomic E-state index is 12.2. The predicted octanol–water partition coefficient (Wildman–Crippen LogP) is 3.95. The first-order chi connectivity index (χ1) is 13.7. The molecule has 0 aliphatic rings. The fourth-order valence-corrected chi connectivity index (χ4v) is 3.02. The Morgan fingerprint density at radius 1 is 1.11 bits per heavy atom. The van der Waals surface area contributed by atoms with E-state index < -0.39 is 0 Å². The minimum Gasteiger partial charge on any atom is -0.497 e. The van der Waals surface area contributed by atoms with Gasteiger partial charge in [-0.3, -0.25) is 4.79 Å². The third-order valence-corrected chi connectivity index (χ3v) is 4.69. The van der Waals surface area contributed by atoms with Gasteiger partial charge < -0.3 is 19.2 Å². The Hall–Kier alpha value is -3.00. The maximum atomic E-state index is 12.2. The lowest BCUT2D eigenvalue weighted by Gasteiger charge is -2.08. The number of aryl methyl sites for hydroxylation is 1. The zero-order chi connectivity index (χ0) is 19.8. The Kier molecular flexibility index (Phi) is 6.91. The standard InChI is InChI=1S/C20H21N3O4S/c1-3-14-6-4-5-7-17(14)21-18(24)13-28-20-23-22-19(27-20)12-26-16-10-8-15(25-2)9-11-16/h4-11H,3,12-13H2,1-2H3,(H,21,24). The van der Waals surface area contributed by atoms with Crippen LogP contribution in [0.1, 0.15) is 18.4 Å². The van der Waals surface area contributed by atoms with Gasteiger partial charge in [-0.05, 0) is 42.3 Å². The van der Waals surface area contributed by atoms with Gasteiger partial charge >= 0.3 is 0 Å². The van der Waals surface area contributed by atoms with E-state index in [2.05, 4.69) is 15.5 Å².